The number of hydrogen-bond donors (Lipinski definition) is 2. The molecule has 0 spiro atoms. The molecule has 1 aliphatic carbocycles. The molecule has 0 aromatic carbocycles. The number of allylic oxidation sites excluding steroid dienone is 1. The SMILES string of the molecule is C=C/C(=C\N=CC(=O)NC1CC1)N1CCN(C/C=C/CNC=O)CC1. The summed E-state index contributed by atoms with van der Waals surface area (Å²) in [5.41, 5.74) is 0.931. The second-order valence-corrected chi connectivity index (χ2v) is 6.10. The first-order chi connectivity index (χ1) is 12.2. The van der Waals surface area contributed by atoms with Crippen molar-refractivity contribution in [1.82, 2.24) is 20.4 Å². The van der Waals surface area contributed by atoms with Crippen molar-refractivity contribution >= 4 is 18.5 Å². The first-order valence-corrected chi connectivity index (χ1v) is 8.68. The quantitative estimate of drug-likeness (QED) is 0.196. The van der Waals surface area contributed by atoms with Gasteiger partial charge in [0.05, 0.1) is 18.1 Å². The molecule has 136 valence electrons. The van der Waals surface area contributed by atoms with E-state index in [9.17, 15) is 9.59 Å². The monoisotopic (exact) mass is 345 g/mol. The molecule has 0 radical (unpaired) electrons. The molecule has 0 aromatic heterocycles. The topological polar surface area (TPSA) is 77.0 Å². The van der Waals surface area contributed by atoms with Gasteiger partial charge in [-0.2, -0.15) is 0 Å². The van der Waals surface area contributed by atoms with Crippen LogP contribution >= 0.6 is 0 Å². The van der Waals surface area contributed by atoms with Gasteiger partial charge in [0.1, 0.15) is 0 Å². The van der Waals surface area contributed by atoms with Crippen molar-refractivity contribution in [1.29, 1.82) is 0 Å². The van der Waals surface area contributed by atoms with Crippen molar-refractivity contribution in [3.05, 3.63) is 36.7 Å². The fourth-order valence-corrected chi connectivity index (χ4v) is 2.52. The van der Waals surface area contributed by atoms with Crippen LogP contribution in [0.25, 0.3) is 0 Å². The highest BCUT2D eigenvalue weighted by Gasteiger charge is 2.22. The Morgan fingerprint density at radius 2 is 1.96 bits per heavy atom. The van der Waals surface area contributed by atoms with Crippen LogP contribution in [-0.2, 0) is 9.59 Å². The number of carbonyl (C=O) groups is 2. The Labute approximate surface area is 149 Å². The van der Waals surface area contributed by atoms with Crippen LogP contribution in [-0.4, -0.2) is 73.6 Å². The van der Waals surface area contributed by atoms with Crippen LogP contribution in [0.1, 0.15) is 12.8 Å². The molecule has 0 atom stereocenters. The van der Waals surface area contributed by atoms with Gasteiger partial charge in [-0.1, -0.05) is 18.7 Å². The first-order valence-electron chi connectivity index (χ1n) is 8.68. The summed E-state index contributed by atoms with van der Waals surface area (Å²) >= 11 is 0. The third-order valence-corrected chi connectivity index (χ3v) is 4.12. The van der Waals surface area contributed by atoms with E-state index in [4.69, 9.17) is 0 Å². The maximum Gasteiger partial charge on any atom is 0.262 e. The zero-order valence-corrected chi connectivity index (χ0v) is 14.6. The molecule has 7 heteroatoms. The van der Waals surface area contributed by atoms with E-state index in [0.29, 0.717) is 19.0 Å². The molecule has 0 aromatic rings. The second kappa shape index (κ2) is 10.5. The molecule has 0 bridgehead atoms. The summed E-state index contributed by atoms with van der Waals surface area (Å²) < 4.78 is 0. The van der Waals surface area contributed by atoms with Crippen LogP contribution in [0.4, 0.5) is 0 Å². The van der Waals surface area contributed by atoms with Crippen molar-refractivity contribution < 1.29 is 9.59 Å². The standard InChI is InChI=1S/C18H27N5O2/c1-2-17(13-20-14-18(25)21-16-5-6-16)23-11-9-22(10-12-23)8-4-3-7-19-15-24/h2-4,13-16H,1,5-12H2,(H,19,24)(H,21,25)/b4-3+,17-13+,20-14?. The molecule has 1 saturated heterocycles. The normalized spacial score (nSPS) is 19.4. The highest BCUT2D eigenvalue weighted by atomic mass is 16.1. The average molecular weight is 345 g/mol. The number of carbonyl (C=O) groups excluding carboxylic acids is 2. The minimum absolute atomic E-state index is 0.136. The summed E-state index contributed by atoms with van der Waals surface area (Å²) in [4.78, 5) is 30.4. The van der Waals surface area contributed by atoms with Gasteiger partial charge in [-0.05, 0) is 18.9 Å². The van der Waals surface area contributed by atoms with Gasteiger partial charge >= 0.3 is 0 Å². The van der Waals surface area contributed by atoms with Crippen LogP contribution in [0.5, 0.6) is 0 Å². The molecule has 1 heterocycles. The van der Waals surface area contributed by atoms with E-state index in [1.54, 1.807) is 12.3 Å². The second-order valence-electron chi connectivity index (χ2n) is 6.10. The molecule has 2 aliphatic rings. The fraction of sp³-hybridized carbons (Fsp3) is 0.500. The fourth-order valence-electron chi connectivity index (χ4n) is 2.52. The van der Waals surface area contributed by atoms with E-state index in [0.717, 1.165) is 51.3 Å². The van der Waals surface area contributed by atoms with Crippen molar-refractivity contribution in [2.24, 2.45) is 4.99 Å². The van der Waals surface area contributed by atoms with E-state index in [2.05, 4.69) is 38.1 Å². The molecule has 7 nitrogen and oxygen atoms in total. The van der Waals surface area contributed by atoms with Gasteiger partial charge in [0, 0.05) is 45.3 Å². The Hall–Kier alpha value is -2.41. The largest absolute Gasteiger partial charge is 0.368 e. The molecule has 1 saturated carbocycles. The minimum atomic E-state index is -0.136. The number of nitrogens with zero attached hydrogens (tertiary/aromatic N) is 3. The molecule has 1 aliphatic heterocycles. The Morgan fingerprint density at radius 3 is 2.60 bits per heavy atom. The predicted molar refractivity (Wildman–Crippen MR) is 99.2 cm³/mol. The van der Waals surface area contributed by atoms with Gasteiger partial charge in [0.25, 0.3) is 5.91 Å². The average Bonchev–Trinajstić information content (AvgIpc) is 3.43. The molecule has 2 N–H and O–H groups in total. The van der Waals surface area contributed by atoms with Crippen LogP contribution in [0.15, 0.2) is 41.7 Å². The summed E-state index contributed by atoms with van der Waals surface area (Å²) in [5, 5.41) is 5.47. The summed E-state index contributed by atoms with van der Waals surface area (Å²) in [6, 6.07) is 0.346. The zero-order valence-electron chi connectivity index (χ0n) is 14.6. The highest BCUT2D eigenvalue weighted by molar-refractivity contribution is 6.26. The smallest absolute Gasteiger partial charge is 0.262 e. The Bertz CT molecular complexity index is 544. The molecular formula is C18H27N5O2. The maximum atomic E-state index is 11.6. The Balaban J connectivity index is 1.72. The van der Waals surface area contributed by atoms with Gasteiger partial charge in [0.2, 0.25) is 6.41 Å². The molecular weight excluding hydrogens is 318 g/mol. The Kier molecular flexibility index (Phi) is 7.91. The van der Waals surface area contributed by atoms with Crippen LogP contribution < -0.4 is 10.6 Å². The van der Waals surface area contributed by atoms with Crippen molar-refractivity contribution in [2.75, 3.05) is 39.3 Å². The number of piperazine rings is 1. The van der Waals surface area contributed by atoms with E-state index in [1.807, 2.05) is 6.08 Å². The zero-order chi connectivity index (χ0) is 17.9. The molecule has 0 unspecified atom stereocenters. The number of nitrogens with one attached hydrogen (secondary N) is 2. The summed E-state index contributed by atoms with van der Waals surface area (Å²) in [6.07, 6.45) is 11.7. The van der Waals surface area contributed by atoms with E-state index < -0.39 is 0 Å². The van der Waals surface area contributed by atoms with Crippen LogP contribution in [0.3, 0.4) is 0 Å². The summed E-state index contributed by atoms with van der Waals surface area (Å²) in [7, 11) is 0. The van der Waals surface area contributed by atoms with Gasteiger partial charge in [0.15, 0.2) is 0 Å². The lowest BCUT2D eigenvalue weighted by Crippen LogP contribution is -2.45. The lowest BCUT2D eigenvalue weighted by molar-refractivity contribution is -0.114. The number of rotatable bonds is 10. The molecule has 2 fully saturated rings. The highest BCUT2D eigenvalue weighted by Crippen LogP contribution is 2.18. The van der Waals surface area contributed by atoms with Crippen LogP contribution in [0, 0.1) is 0 Å². The molecule has 2 amide bonds. The lowest BCUT2D eigenvalue weighted by atomic mass is 10.2. The van der Waals surface area contributed by atoms with Crippen molar-refractivity contribution in [3.63, 3.8) is 0 Å². The summed E-state index contributed by atoms with van der Waals surface area (Å²) in [5.74, 6) is -0.136. The van der Waals surface area contributed by atoms with Gasteiger partial charge in [-0.15, -0.1) is 0 Å². The number of amides is 2. The number of hydrogen-bond acceptors (Lipinski definition) is 5. The Morgan fingerprint density at radius 1 is 1.20 bits per heavy atom. The van der Waals surface area contributed by atoms with Gasteiger partial charge < -0.3 is 15.5 Å². The van der Waals surface area contributed by atoms with Crippen molar-refractivity contribution in [2.45, 2.75) is 18.9 Å². The summed E-state index contributed by atoms with van der Waals surface area (Å²) in [6.45, 7) is 8.97. The van der Waals surface area contributed by atoms with E-state index in [1.165, 1.54) is 6.21 Å². The third kappa shape index (κ3) is 7.34. The molecule has 25 heavy (non-hydrogen) atoms. The van der Waals surface area contributed by atoms with Gasteiger partial charge in [-0.3, -0.25) is 19.5 Å². The maximum absolute atomic E-state index is 11.6. The first kappa shape index (κ1) is 18.9. The number of aliphatic imine (C=N–C) groups is 1. The van der Waals surface area contributed by atoms with E-state index >= 15 is 0 Å². The minimum Gasteiger partial charge on any atom is -0.368 e. The molecule has 2 rings (SSSR count). The lowest BCUT2D eigenvalue weighted by Gasteiger charge is -2.35. The predicted octanol–water partition coefficient (Wildman–Crippen LogP) is 0.283. The van der Waals surface area contributed by atoms with Crippen LogP contribution in [0.2, 0.25) is 0 Å². The van der Waals surface area contributed by atoms with Gasteiger partial charge in [-0.25, -0.2) is 0 Å². The van der Waals surface area contributed by atoms with Crippen molar-refractivity contribution in [3.8, 4) is 0 Å². The third-order valence-electron chi connectivity index (χ3n) is 4.12. The van der Waals surface area contributed by atoms with E-state index in [-0.39, 0.29) is 5.91 Å².